The zero-order valence-corrected chi connectivity index (χ0v) is 13.3. The molecule has 0 unspecified atom stereocenters. The van der Waals surface area contributed by atoms with Crippen LogP contribution in [0.5, 0.6) is 0 Å². The Balaban J connectivity index is 1.95. The number of hydrogen-bond donors (Lipinski definition) is 0. The Morgan fingerprint density at radius 3 is 2.42 bits per heavy atom. The molecule has 3 rings (SSSR count). The molecule has 0 radical (unpaired) electrons. The lowest BCUT2D eigenvalue weighted by Gasteiger charge is -2.14. The van der Waals surface area contributed by atoms with Crippen LogP contribution in [0.1, 0.15) is 56.6 Å². The fraction of sp³-hybridized carbons (Fsp3) is 0.500. The summed E-state index contributed by atoms with van der Waals surface area (Å²) in [5.41, 5.74) is 1.88. The van der Waals surface area contributed by atoms with Gasteiger partial charge in [-0.3, -0.25) is 9.48 Å². The molecule has 0 bridgehead atoms. The molecule has 1 aliphatic carbocycles. The molecule has 1 aliphatic rings. The number of rotatable bonds is 3. The van der Waals surface area contributed by atoms with E-state index in [4.69, 9.17) is 0 Å². The molecule has 2 heterocycles. The minimum absolute atomic E-state index is 0.0832. The van der Waals surface area contributed by atoms with Crippen molar-refractivity contribution in [1.29, 1.82) is 0 Å². The van der Waals surface area contributed by atoms with Crippen molar-refractivity contribution in [1.82, 2.24) is 19.7 Å². The standard InChI is InChI=1S/C16H17F3N4O/c1-9(2)23-14(10-3-4-12(24)5-10)6-13(22-23)11-7-20-15(21-8-11)16(17,18)19/h6-10H,3-5H2,1-2H3/t10-/m0/s1. The van der Waals surface area contributed by atoms with Crippen LogP contribution < -0.4 is 0 Å². The predicted octanol–water partition coefficient (Wildman–Crippen LogP) is 3.78. The molecule has 24 heavy (non-hydrogen) atoms. The van der Waals surface area contributed by atoms with E-state index in [0.29, 0.717) is 24.1 Å². The van der Waals surface area contributed by atoms with Gasteiger partial charge < -0.3 is 0 Å². The van der Waals surface area contributed by atoms with Gasteiger partial charge in [-0.15, -0.1) is 0 Å². The fourth-order valence-electron chi connectivity index (χ4n) is 2.94. The number of nitrogens with zero attached hydrogens (tertiary/aromatic N) is 4. The van der Waals surface area contributed by atoms with E-state index in [1.54, 1.807) is 0 Å². The summed E-state index contributed by atoms with van der Waals surface area (Å²) in [5.74, 6) is -0.830. The van der Waals surface area contributed by atoms with Crippen LogP contribution >= 0.6 is 0 Å². The molecule has 0 N–H and O–H groups in total. The number of alkyl halides is 3. The summed E-state index contributed by atoms with van der Waals surface area (Å²) in [6.07, 6.45) is -0.474. The summed E-state index contributed by atoms with van der Waals surface area (Å²) < 4.78 is 39.5. The maximum atomic E-state index is 12.6. The molecular formula is C16H17F3N4O. The van der Waals surface area contributed by atoms with Crippen LogP contribution in [0.15, 0.2) is 18.5 Å². The molecule has 0 amide bonds. The van der Waals surface area contributed by atoms with Crippen LogP contribution in [-0.4, -0.2) is 25.5 Å². The van der Waals surface area contributed by atoms with Crippen molar-refractivity contribution < 1.29 is 18.0 Å². The van der Waals surface area contributed by atoms with Crippen molar-refractivity contribution in [3.8, 4) is 11.3 Å². The van der Waals surface area contributed by atoms with E-state index in [1.807, 2.05) is 24.6 Å². The van der Waals surface area contributed by atoms with Crippen LogP contribution in [-0.2, 0) is 11.0 Å². The van der Waals surface area contributed by atoms with Gasteiger partial charge in [0.25, 0.3) is 0 Å². The van der Waals surface area contributed by atoms with Gasteiger partial charge in [0.05, 0.1) is 5.69 Å². The second kappa shape index (κ2) is 5.99. The smallest absolute Gasteiger partial charge is 0.300 e. The third-order valence-corrected chi connectivity index (χ3v) is 4.12. The van der Waals surface area contributed by atoms with Gasteiger partial charge >= 0.3 is 6.18 Å². The van der Waals surface area contributed by atoms with Crippen molar-refractivity contribution in [2.75, 3.05) is 0 Å². The highest BCUT2D eigenvalue weighted by Gasteiger charge is 2.34. The minimum atomic E-state index is -4.56. The first-order chi connectivity index (χ1) is 11.3. The molecule has 0 aliphatic heterocycles. The topological polar surface area (TPSA) is 60.7 Å². The van der Waals surface area contributed by atoms with Crippen LogP contribution in [0, 0.1) is 0 Å². The molecule has 1 atom stereocenters. The number of halogens is 3. The van der Waals surface area contributed by atoms with Crippen LogP contribution in [0.25, 0.3) is 11.3 Å². The van der Waals surface area contributed by atoms with E-state index in [0.717, 1.165) is 24.5 Å². The highest BCUT2D eigenvalue weighted by molar-refractivity contribution is 5.81. The number of aromatic nitrogens is 4. The summed E-state index contributed by atoms with van der Waals surface area (Å²) in [5, 5.41) is 4.49. The van der Waals surface area contributed by atoms with Crippen molar-refractivity contribution in [2.45, 2.75) is 51.2 Å². The molecular weight excluding hydrogens is 321 g/mol. The Bertz CT molecular complexity index is 750. The molecule has 8 heteroatoms. The number of hydrogen-bond acceptors (Lipinski definition) is 4. The van der Waals surface area contributed by atoms with Crippen LogP contribution in [0.2, 0.25) is 0 Å². The van der Waals surface area contributed by atoms with Gasteiger partial charge in [0, 0.05) is 48.5 Å². The number of carbonyl (C=O) groups is 1. The van der Waals surface area contributed by atoms with Gasteiger partial charge in [0.2, 0.25) is 5.82 Å². The summed E-state index contributed by atoms with van der Waals surface area (Å²) in [6, 6.07) is 1.91. The van der Waals surface area contributed by atoms with Gasteiger partial charge in [-0.05, 0) is 26.3 Å². The highest BCUT2D eigenvalue weighted by atomic mass is 19.4. The Morgan fingerprint density at radius 2 is 1.92 bits per heavy atom. The maximum Gasteiger partial charge on any atom is 0.451 e. The fourth-order valence-corrected chi connectivity index (χ4v) is 2.94. The normalized spacial score (nSPS) is 18.6. The number of carbonyl (C=O) groups excluding carboxylic acids is 1. The predicted molar refractivity (Wildman–Crippen MR) is 80.2 cm³/mol. The maximum absolute atomic E-state index is 12.6. The van der Waals surface area contributed by atoms with Crippen LogP contribution in [0.4, 0.5) is 13.2 Å². The molecule has 0 aromatic carbocycles. The van der Waals surface area contributed by atoms with E-state index in [-0.39, 0.29) is 17.7 Å². The molecule has 0 spiro atoms. The van der Waals surface area contributed by atoms with Crippen molar-refractivity contribution in [2.24, 2.45) is 0 Å². The number of ketones is 1. The average Bonchev–Trinajstić information content (AvgIpc) is 3.12. The third kappa shape index (κ3) is 3.18. The molecule has 5 nitrogen and oxygen atoms in total. The third-order valence-electron chi connectivity index (χ3n) is 4.12. The Morgan fingerprint density at radius 1 is 1.25 bits per heavy atom. The van der Waals surface area contributed by atoms with Crippen molar-refractivity contribution in [3.05, 3.63) is 30.0 Å². The lowest BCUT2D eigenvalue weighted by atomic mass is 10.0. The molecule has 2 aromatic heterocycles. The Hall–Kier alpha value is -2.25. The largest absolute Gasteiger partial charge is 0.451 e. The lowest BCUT2D eigenvalue weighted by Crippen LogP contribution is -2.11. The second-order valence-corrected chi connectivity index (χ2v) is 6.26. The van der Waals surface area contributed by atoms with Gasteiger partial charge in [-0.25, -0.2) is 9.97 Å². The lowest BCUT2D eigenvalue weighted by molar-refractivity contribution is -0.145. The Labute approximate surface area is 136 Å². The van der Waals surface area contributed by atoms with Gasteiger partial charge in [0.15, 0.2) is 0 Å². The summed E-state index contributed by atoms with van der Waals surface area (Å²) in [6.45, 7) is 3.95. The van der Waals surface area contributed by atoms with Crippen LogP contribution in [0.3, 0.4) is 0 Å². The van der Waals surface area contributed by atoms with Gasteiger partial charge in [-0.1, -0.05) is 0 Å². The molecule has 0 saturated heterocycles. The van der Waals surface area contributed by atoms with Gasteiger partial charge in [0.1, 0.15) is 5.78 Å². The van der Waals surface area contributed by atoms with Crippen molar-refractivity contribution >= 4 is 5.78 Å². The zero-order valence-electron chi connectivity index (χ0n) is 13.3. The molecule has 1 saturated carbocycles. The quantitative estimate of drug-likeness (QED) is 0.854. The van der Waals surface area contributed by atoms with E-state index in [1.165, 1.54) is 0 Å². The summed E-state index contributed by atoms with van der Waals surface area (Å²) in [4.78, 5) is 18.3. The average molecular weight is 338 g/mol. The number of Topliss-reactive ketones (excluding diaryl/α,β-unsaturated/α-hetero) is 1. The van der Waals surface area contributed by atoms with E-state index in [9.17, 15) is 18.0 Å². The SMILES string of the molecule is CC(C)n1nc(-c2cnc(C(F)(F)F)nc2)cc1[C@H]1CCC(=O)C1. The van der Waals surface area contributed by atoms with Gasteiger partial charge in [-0.2, -0.15) is 18.3 Å². The molecule has 1 fully saturated rings. The highest BCUT2D eigenvalue weighted by Crippen LogP contribution is 2.35. The monoisotopic (exact) mass is 338 g/mol. The molecule has 2 aromatic rings. The summed E-state index contributed by atoms with van der Waals surface area (Å²) >= 11 is 0. The van der Waals surface area contributed by atoms with E-state index >= 15 is 0 Å². The van der Waals surface area contributed by atoms with E-state index < -0.39 is 12.0 Å². The minimum Gasteiger partial charge on any atom is -0.300 e. The molecule has 128 valence electrons. The second-order valence-electron chi connectivity index (χ2n) is 6.26. The first-order valence-corrected chi connectivity index (χ1v) is 7.76. The Kier molecular flexibility index (Phi) is 4.15. The zero-order chi connectivity index (χ0) is 17.5. The first kappa shape index (κ1) is 16.6. The van der Waals surface area contributed by atoms with Crippen molar-refractivity contribution in [3.63, 3.8) is 0 Å². The summed E-state index contributed by atoms with van der Waals surface area (Å²) in [7, 11) is 0. The first-order valence-electron chi connectivity index (χ1n) is 7.76. The van der Waals surface area contributed by atoms with E-state index in [2.05, 4.69) is 15.1 Å².